The lowest BCUT2D eigenvalue weighted by molar-refractivity contribution is -0.137. The topological polar surface area (TPSA) is 92.2 Å². The summed E-state index contributed by atoms with van der Waals surface area (Å²) >= 11 is 0. The molecular formula is C29H37F5N6O2. The van der Waals surface area contributed by atoms with Gasteiger partial charge in [0.2, 0.25) is 11.7 Å². The Morgan fingerprint density at radius 2 is 1.79 bits per heavy atom. The van der Waals surface area contributed by atoms with Gasteiger partial charge in [0.25, 0.3) is 11.8 Å². The van der Waals surface area contributed by atoms with Crippen molar-refractivity contribution in [3.63, 3.8) is 0 Å². The summed E-state index contributed by atoms with van der Waals surface area (Å²) in [5.41, 5.74) is -1.03. The second-order valence-electron chi connectivity index (χ2n) is 11.8. The molecule has 1 aromatic heterocycles. The van der Waals surface area contributed by atoms with Crippen LogP contribution in [0.25, 0.3) is 11.4 Å². The number of rotatable bonds is 10. The maximum absolute atomic E-state index is 14.0. The van der Waals surface area contributed by atoms with E-state index in [1.54, 1.807) is 4.90 Å². The normalized spacial score (nSPS) is 20.7. The molecule has 2 saturated carbocycles. The first-order chi connectivity index (χ1) is 20.0. The van der Waals surface area contributed by atoms with Crippen LogP contribution < -0.4 is 10.6 Å². The Hall–Kier alpha value is -3.09. The molecular weight excluding hydrogens is 559 g/mol. The molecule has 13 heteroatoms. The van der Waals surface area contributed by atoms with E-state index in [2.05, 4.69) is 20.7 Å². The Bertz CT molecular complexity index is 1260. The van der Waals surface area contributed by atoms with Crippen LogP contribution >= 0.6 is 0 Å². The quantitative estimate of drug-likeness (QED) is 0.361. The highest BCUT2D eigenvalue weighted by Crippen LogP contribution is 2.39. The fourth-order valence-corrected chi connectivity index (χ4v) is 6.05. The molecule has 0 unspecified atom stereocenters. The number of nitrogens with zero attached hydrogens (tertiary/aromatic N) is 4. The van der Waals surface area contributed by atoms with E-state index in [-0.39, 0.29) is 67.6 Å². The number of hydrogen-bond donors (Lipinski definition) is 2. The Morgan fingerprint density at radius 3 is 2.45 bits per heavy atom. The average Bonchev–Trinajstić information content (AvgIpc) is 3.59. The largest absolute Gasteiger partial charge is 0.417 e. The van der Waals surface area contributed by atoms with Crippen LogP contribution in [0, 0.1) is 0 Å². The number of alkyl halides is 5. The number of halogens is 5. The first kappa shape index (κ1) is 30.4. The van der Waals surface area contributed by atoms with Crippen molar-refractivity contribution in [3.05, 3.63) is 35.7 Å². The molecule has 2 N–H and O–H groups in total. The van der Waals surface area contributed by atoms with Crippen molar-refractivity contribution in [1.82, 2.24) is 30.3 Å². The van der Waals surface area contributed by atoms with Crippen LogP contribution in [0.2, 0.25) is 0 Å². The zero-order valence-electron chi connectivity index (χ0n) is 23.4. The second-order valence-corrected chi connectivity index (χ2v) is 11.8. The van der Waals surface area contributed by atoms with Crippen LogP contribution in [0.4, 0.5) is 22.0 Å². The minimum absolute atomic E-state index is 0.0326. The third kappa shape index (κ3) is 7.45. The summed E-state index contributed by atoms with van der Waals surface area (Å²) in [5.74, 6) is -4.07. The number of amides is 2. The highest BCUT2D eigenvalue weighted by molar-refractivity contribution is 5.91. The van der Waals surface area contributed by atoms with Gasteiger partial charge in [-0.05, 0) is 57.6 Å². The summed E-state index contributed by atoms with van der Waals surface area (Å²) < 4.78 is 71.0. The highest BCUT2D eigenvalue weighted by atomic mass is 19.4. The van der Waals surface area contributed by atoms with Gasteiger partial charge in [0, 0.05) is 37.0 Å². The van der Waals surface area contributed by atoms with Crippen molar-refractivity contribution in [1.29, 1.82) is 0 Å². The lowest BCUT2D eigenvalue weighted by atomic mass is 9.93. The van der Waals surface area contributed by atoms with Crippen molar-refractivity contribution >= 4 is 11.8 Å². The minimum Gasteiger partial charge on any atom is -0.353 e. The second kappa shape index (κ2) is 12.6. The van der Waals surface area contributed by atoms with E-state index in [4.69, 9.17) is 0 Å². The third-order valence-corrected chi connectivity index (χ3v) is 8.48. The molecule has 0 spiro atoms. The van der Waals surface area contributed by atoms with Crippen LogP contribution in [0.1, 0.15) is 92.9 Å². The van der Waals surface area contributed by atoms with Crippen LogP contribution in [0.15, 0.2) is 24.3 Å². The van der Waals surface area contributed by atoms with Crippen molar-refractivity contribution in [3.8, 4) is 11.4 Å². The first-order valence-electron chi connectivity index (χ1n) is 14.8. The molecule has 5 rings (SSSR count). The number of nitrogens with one attached hydrogen (secondary N) is 2. The van der Waals surface area contributed by atoms with Crippen LogP contribution in [0.3, 0.4) is 0 Å². The summed E-state index contributed by atoms with van der Waals surface area (Å²) in [6.07, 6.45) is 1.74. The SMILES string of the molecule is O=C(C[C@H](CCN1CCCC(F)(F)C1)NC(=O)c1nc(-c2ccccc2C(F)(F)F)n(C2CCCC2)n1)NC1CCC1. The van der Waals surface area contributed by atoms with Crippen molar-refractivity contribution in [2.24, 2.45) is 0 Å². The number of carbonyl (C=O) groups excluding carboxylic acids is 2. The van der Waals surface area contributed by atoms with Gasteiger partial charge in [-0.25, -0.2) is 18.4 Å². The maximum atomic E-state index is 14.0. The molecule has 3 aliphatic rings. The molecule has 1 aromatic carbocycles. The lowest BCUT2D eigenvalue weighted by Crippen LogP contribution is -2.47. The predicted molar refractivity (Wildman–Crippen MR) is 145 cm³/mol. The molecule has 42 heavy (non-hydrogen) atoms. The monoisotopic (exact) mass is 596 g/mol. The van der Waals surface area contributed by atoms with Gasteiger partial charge in [-0.15, -0.1) is 5.10 Å². The van der Waals surface area contributed by atoms with Gasteiger partial charge in [0.1, 0.15) is 0 Å². The molecule has 8 nitrogen and oxygen atoms in total. The predicted octanol–water partition coefficient (Wildman–Crippen LogP) is 5.36. The molecule has 1 atom stereocenters. The van der Waals surface area contributed by atoms with Crippen molar-refractivity contribution in [2.45, 2.75) is 101 Å². The van der Waals surface area contributed by atoms with Gasteiger partial charge >= 0.3 is 6.18 Å². The van der Waals surface area contributed by atoms with E-state index in [0.29, 0.717) is 25.8 Å². The number of hydrogen-bond acceptors (Lipinski definition) is 5. The zero-order valence-corrected chi connectivity index (χ0v) is 23.4. The van der Waals surface area contributed by atoms with E-state index < -0.39 is 29.6 Å². The summed E-state index contributed by atoms with van der Waals surface area (Å²) in [7, 11) is 0. The number of carbonyl (C=O) groups is 2. The summed E-state index contributed by atoms with van der Waals surface area (Å²) in [4.78, 5) is 32.1. The lowest BCUT2D eigenvalue weighted by Gasteiger charge is -2.33. The molecule has 2 aliphatic carbocycles. The van der Waals surface area contributed by atoms with Gasteiger partial charge in [0.05, 0.1) is 18.2 Å². The van der Waals surface area contributed by atoms with Gasteiger partial charge in [-0.1, -0.05) is 31.0 Å². The van der Waals surface area contributed by atoms with Crippen molar-refractivity contribution in [2.75, 3.05) is 19.6 Å². The molecule has 230 valence electrons. The maximum Gasteiger partial charge on any atom is 0.417 e. The van der Waals surface area contributed by atoms with Crippen LogP contribution in [0.5, 0.6) is 0 Å². The van der Waals surface area contributed by atoms with Crippen molar-refractivity contribution < 1.29 is 31.5 Å². The van der Waals surface area contributed by atoms with E-state index in [1.165, 1.54) is 22.9 Å². The van der Waals surface area contributed by atoms with E-state index in [1.807, 2.05) is 0 Å². The van der Waals surface area contributed by atoms with Gasteiger partial charge in [0.15, 0.2) is 5.82 Å². The number of piperidine rings is 1. The smallest absolute Gasteiger partial charge is 0.353 e. The zero-order chi connectivity index (χ0) is 29.9. The van der Waals surface area contributed by atoms with E-state index in [9.17, 15) is 31.5 Å². The standard InChI is InChI=1S/C29H37F5N6O2/c30-28(31)14-6-15-39(18-28)16-13-20(17-24(41)35-19-7-5-8-19)36-27(42)25-37-26(40(38-25)21-9-1-2-10-21)22-11-3-4-12-23(22)29(32,33)34/h3-4,11-12,19-21H,1-2,5-10,13-18H2,(H,35,41)(H,36,42)/t20-/m0/s1. The Kier molecular flexibility index (Phi) is 9.14. The minimum atomic E-state index is -4.63. The molecule has 3 fully saturated rings. The Labute approximate surface area is 241 Å². The molecule has 0 radical (unpaired) electrons. The van der Waals surface area contributed by atoms with Crippen LogP contribution in [-0.4, -0.2) is 69.1 Å². The molecule has 1 saturated heterocycles. The molecule has 2 heterocycles. The van der Waals surface area contributed by atoms with Gasteiger partial charge in [-0.2, -0.15) is 13.2 Å². The van der Waals surface area contributed by atoms with Gasteiger partial charge in [-0.3, -0.25) is 14.5 Å². The molecule has 2 amide bonds. The number of likely N-dealkylation sites (tertiary alicyclic amines) is 1. The summed E-state index contributed by atoms with van der Waals surface area (Å²) in [5, 5.41) is 10.1. The number of benzene rings is 1. The van der Waals surface area contributed by atoms with E-state index in [0.717, 1.165) is 38.2 Å². The summed E-state index contributed by atoms with van der Waals surface area (Å²) in [6.45, 7) is 0.377. The fraction of sp³-hybridized carbons (Fsp3) is 0.655. The number of aromatic nitrogens is 3. The third-order valence-electron chi connectivity index (χ3n) is 8.48. The van der Waals surface area contributed by atoms with Crippen LogP contribution in [-0.2, 0) is 11.0 Å². The molecule has 2 aromatic rings. The average molecular weight is 597 g/mol. The summed E-state index contributed by atoms with van der Waals surface area (Å²) in [6, 6.07) is 4.28. The van der Waals surface area contributed by atoms with E-state index >= 15 is 0 Å². The molecule has 0 bridgehead atoms. The van der Waals surface area contributed by atoms with Gasteiger partial charge < -0.3 is 10.6 Å². The molecule has 1 aliphatic heterocycles. The first-order valence-corrected chi connectivity index (χ1v) is 14.8. The Morgan fingerprint density at radius 1 is 1.05 bits per heavy atom. The Balaban J connectivity index is 1.37. The fourth-order valence-electron chi connectivity index (χ4n) is 6.05. The highest BCUT2D eigenvalue weighted by Gasteiger charge is 2.37.